The van der Waals surface area contributed by atoms with Crippen LogP contribution in [0.25, 0.3) is 17.1 Å². The highest BCUT2D eigenvalue weighted by molar-refractivity contribution is 7.99. The Labute approximate surface area is 231 Å². The van der Waals surface area contributed by atoms with Crippen molar-refractivity contribution in [2.45, 2.75) is 25.9 Å². The maximum atomic E-state index is 12.6. The lowest BCUT2D eigenvalue weighted by Crippen LogP contribution is -2.21. The molecule has 0 bridgehead atoms. The molecule has 2 aromatic carbocycles. The minimum absolute atomic E-state index is 0.0619. The third kappa shape index (κ3) is 6.94. The first-order valence-electron chi connectivity index (χ1n) is 12.7. The molecule has 0 fully saturated rings. The summed E-state index contributed by atoms with van der Waals surface area (Å²) in [5, 5.41) is 23.6. The number of aromatic nitrogens is 4. The smallest absolute Gasteiger partial charge is 0.250 e. The third-order valence-corrected chi connectivity index (χ3v) is 6.76. The number of phenols is 1. The maximum absolute atomic E-state index is 12.6. The largest absolute Gasteiger partial charge is 0.507 e. The quantitative estimate of drug-likeness (QED) is 0.152. The SMILES string of the molecule is CCOc1ccc(-n2c(SCC(=O)NN=Cc3ccc(N(CC)CC)cc3O)nnc2-c2cccnc2)cc1. The summed E-state index contributed by atoms with van der Waals surface area (Å²) in [6.45, 7) is 8.31. The maximum Gasteiger partial charge on any atom is 0.250 e. The molecule has 2 heterocycles. The van der Waals surface area contributed by atoms with E-state index in [1.54, 1.807) is 24.5 Å². The van der Waals surface area contributed by atoms with Gasteiger partial charge in [-0.05, 0) is 69.3 Å². The van der Waals surface area contributed by atoms with E-state index in [2.05, 4.69) is 44.5 Å². The molecule has 11 heteroatoms. The monoisotopic (exact) mass is 545 g/mol. The van der Waals surface area contributed by atoms with Crippen molar-refractivity contribution in [3.63, 3.8) is 0 Å². The Morgan fingerprint density at radius 2 is 1.92 bits per heavy atom. The van der Waals surface area contributed by atoms with Crippen LogP contribution in [0, 0.1) is 0 Å². The fourth-order valence-corrected chi connectivity index (χ4v) is 4.64. The Balaban J connectivity index is 1.45. The number of carbonyl (C=O) groups excluding carboxylic acids is 1. The van der Waals surface area contributed by atoms with Gasteiger partial charge >= 0.3 is 0 Å². The van der Waals surface area contributed by atoms with Crippen molar-refractivity contribution in [3.8, 4) is 28.6 Å². The molecule has 202 valence electrons. The van der Waals surface area contributed by atoms with Crippen LogP contribution in [0.4, 0.5) is 5.69 Å². The molecular weight excluding hydrogens is 514 g/mol. The van der Waals surface area contributed by atoms with Crippen molar-refractivity contribution in [1.82, 2.24) is 25.2 Å². The van der Waals surface area contributed by atoms with E-state index < -0.39 is 0 Å². The lowest BCUT2D eigenvalue weighted by Gasteiger charge is -2.21. The minimum atomic E-state index is -0.320. The molecule has 39 heavy (non-hydrogen) atoms. The zero-order chi connectivity index (χ0) is 27.6. The van der Waals surface area contributed by atoms with Crippen molar-refractivity contribution in [3.05, 3.63) is 72.6 Å². The molecule has 0 aliphatic carbocycles. The molecule has 0 spiro atoms. The number of nitrogens with zero attached hydrogens (tertiary/aromatic N) is 6. The van der Waals surface area contributed by atoms with Crippen LogP contribution < -0.4 is 15.1 Å². The van der Waals surface area contributed by atoms with E-state index in [0.29, 0.717) is 23.2 Å². The predicted octanol–water partition coefficient (Wildman–Crippen LogP) is 4.52. The lowest BCUT2D eigenvalue weighted by atomic mass is 10.2. The molecule has 2 N–H and O–H groups in total. The molecule has 0 radical (unpaired) electrons. The van der Waals surface area contributed by atoms with E-state index in [1.165, 1.54) is 18.0 Å². The molecule has 0 saturated heterocycles. The van der Waals surface area contributed by atoms with E-state index in [4.69, 9.17) is 4.74 Å². The van der Waals surface area contributed by atoms with Crippen LogP contribution in [0.15, 0.2) is 77.2 Å². The normalized spacial score (nSPS) is 11.1. The molecule has 0 aliphatic heterocycles. The topological polar surface area (TPSA) is 118 Å². The van der Waals surface area contributed by atoms with Crippen molar-refractivity contribution in [1.29, 1.82) is 0 Å². The van der Waals surface area contributed by atoms with Gasteiger partial charge in [0, 0.05) is 54.1 Å². The van der Waals surface area contributed by atoms with Crippen molar-refractivity contribution in [2.75, 3.05) is 30.3 Å². The molecule has 1 amide bonds. The lowest BCUT2D eigenvalue weighted by molar-refractivity contribution is -0.118. The second-order valence-electron chi connectivity index (χ2n) is 8.31. The van der Waals surface area contributed by atoms with E-state index in [-0.39, 0.29) is 17.4 Å². The summed E-state index contributed by atoms with van der Waals surface area (Å²) in [6, 6.07) is 16.7. The average Bonchev–Trinajstić information content (AvgIpc) is 3.39. The average molecular weight is 546 g/mol. The van der Waals surface area contributed by atoms with Crippen LogP contribution in [-0.4, -0.2) is 62.4 Å². The number of benzene rings is 2. The highest BCUT2D eigenvalue weighted by Gasteiger charge is 2.17. The summed E-state index contributed by atoms with van der Waals surface area (Å²) in [6.07, 6.45) is 4.84. The first kappa shape index (κ1) is 27.6. The number of phenolic OH excluding ortho intramolecular Hbond substituents is 1. The van der Waals surface area contributed by atoms with E-state index >= 15 is 0 Å². The predicted molar refractivity (Wildman–Crippen MR) is 154 cm³/mol. The van der Waals surface area contributed by atoms with Gasteiger partial charge in [-0.25, -0.2) is 5.43 Å². The molecule has 0 saturated carbocycles. The zero-order valence-corrected chi connectivity index (χ0v) is 22.9. The second-order valence-corrected chi connectivity index (χ2v) is 9.25. The second kappa shape index (κ2) is 13.4. The van der Waals surface area contributed by atoms with E-state index in [1.807, 2.05) is 54.0 Å². The first-order chi connectivity index (χ1) is 19.0. The Bertz CT molecular complexity index is 1400. The summed E-state index contributed by atoms with van der Waals surface area (Å²) in [7, 11) is 0. The third-order valence-electron chi connectivity index (χ3n) is 5.83. The number of ether oxygens (including phenoxy) is 1. The van der Waals surface area contributed by atoms with Gasteiger partial charge in [0.2, 0.25) is 0 Å². The molecule has 10 nitrogen and oxygen atoms in total. The number of pyridine rings is 1. The molecule has 0 atom stereocenters. The molecule has 0 unspecified atom stereocenters. The Morgan fingerprint density at radius 1 is 1.13 bits per heavy atom. The van der Waals surface area contributed by atoms with Gasteiger partial charge in [0.15, 0.2) is 11.0 Å². The van der Waals surface area contributed by atoms with Crippen molar-refractivity contribution in [2.24, 2.45) is 5.10 Å². The highest BCUT2D eigenvalue weighted by atomic mass is 32.2. The number of nitrogens with one attached hydrogen (secondary N) is 1. The molecule has 4 rings (SSSR count). The van der Waals surface area contributed by atoms with Gasteiger partial charge in [-0.3, -0.25) is 14.3 Å². The minimum Gasteiger partial charge on any atom is -0.507 e. The number of anilines is 1. The van der Waals surface area contributed by atoms with Gasteiger partial charge in [0.05, 0.1) is 18.6 Å². The standard InChI is InChI=1S/C28H31N7O3S/c1-4-34(5-2)23-10-9-20(25(36)16-23)18-30-31-26(37)19-39-28-33-32-27(21-8-7-15-29-17-21)35(28)22-11-13-24(14-12-22)38-6-3/h7-18,36H,4-6,19H2,1-3H3,(H,31,37). The summed E-state index contributed by atoms with van der Waals surface area (Å²) in [4.78, 5) is 18.9. The summed E-state index contributed by atoms with van der Waals surface area (Å²) >= 11 is 1.24. The van der Waals surface area contributed by atoms with Gasteiger partial charge in [0.1, 0.15) is 11.5 Å². The number of hydrogen-bond donors (Lipinski definition) is 2. The van der Waals surface area contributed by atoms with Crippen molar-refractivity contribution >= 4 is 29.6 Å². The van der Waals surface area contributed by atoms with Gasteiger partial charge in [-0.15, -0.1) is 10.2 Å². The number of hydrogen-bond acceptors (Lipinski definition) is 9. The number of thioether (sulfide) groups is 1. The molecule has 2 aromatic heterocycles. The Hall–Kier alpha value is -4.38. The van der Waals surface area contributed by atoms with Crippen LogP contribution in [0.2, 0.25) is 0 Å². The van der Waals surface area contributed by atoms with E-state index in [0.717, 1.165) is 35.8 Å². The fourth-order valence-electron chi connectivity index (χ4n) is 3.90. The number of rotatable bonds is 12. The first-order valence-corrected chi connectivity index (χ1v) is 13.6. The van der Waals surface area contributed by atoms with Gasteiger partial charge in [-0.1, -0.05) is 11.8 Å². The van der Waals surface area contributed by atoms with Gasteiger partial charge in [-0.2, -0.15) is 5.10 Å². The van der Waals surface area contributed by atoms with Crippen LogP contribution >= 0.6 is 11.8 Å². The summed E-state index contributed by atoms with van der Waals surface area (Å²) in [5.74, 6) is 1.21. The van der Waals surface area contributed by atoms with Crippen LogP contribution in [0.1, 0.15) is 26.3 Å². The summed E-state index contributed by atoms with van der Waals surface area (Å²) in [5.41, 5.74) is 5.57. The van der Waals surface area contributed by atoms with E-state index in [9.17, 15) is 9.90 Å². The van der Waals surface area contributed by atoms with Gasteiger partial charge < -0.3 is 14.7 Å². The number of amides is 1. The Kier molecular flexibility index (Phi) is 9.52. The molecular formula is C28H31N7O3S. The van der Waals surface area contributed by atoms with Crippen LogP contribution in [0.5, 0.6) is 11.5 Å². The molecule has 4 aromatic rings. The number of aromatic hydroxyl groups is 1. The van der Waals surface area contributed by atoms with Gasteiger partial charge in [0.25, 0.3) is 5.91 Å². The van der Waals surface area contributed by atoms with Crippen molar-refractivity contribution < 1.29 is 14.6 Å². The van der Waals surface area contributed by atoms with Crippen LogP contribution in [-0.2, 0) is 4.79 Å². The number of hydrazone groups is 1. The Morgan fingerprint density at radius 3 is 2.59 bits per heavy atom. The molecule has 0 aliphatic rings. The number of carbonyl (C=O) groups is 1. The van der Waals surface area contributed by atoms with Crippen LogP contribution in [0.3, 0.4) is 0 Å². The fraction of sp³-hybridized carbons (Fsp3) is 0.250. The highest BCUT2D eigenvalue weighted by Crippen LogP contribution is 2.28. The zero-order valence-electron chi connectivity index (χ0n) is 22.1. The summed E-state index contributed by atoms with van der Waals surface area (Å²) < 4.78 is 7.44.